The zero-order valence-corrected chi connectivity index (χ0v) is 16.8. The van der Waals surface area contributed by atoms with Crippen molar-refractivity contribution in [3.63, 3.8) is 0 Å². The minimum absolute atomic E-state index is 0.0638. The molecule has 1 saturated heterocycles. The molecule has 0 unspecified atom stereocenters. The quantitative estimate of drug-likeness (QED) is 0.586. The average Bonchev–Trinajstić information content (AvgIpc) is 3.20. The standard InChI is InChI=1S/C21H24ClN3O3/c1-14-5-3-6-15(11-14)20(26)25-21(23-13-17-7-4-10-28-17)24-18-12-16(22)8-9-19(18)27-2/h3,5-6,8-9,11-12,17H,4,7,10,13H2,1-2H3,(H2,23,24,25,26)/t17-/m0/s1. The van der Waals surface area contributed by atoms with Gasteiger partial charge in [0.05, 0.1) is 25.4 Å². The van der Waals surface area contributed by atoms with Crippen molar-refractivity contribution < 1.29 is 14.3 Å². The Kier molecular flexibility index (Phi) is 6.90. The Morgan fingerprint density at radius 1 is 1.32 bits per heavy atom. The minimum Gasteiger partial charge on any atom is -0.495 e. The van der Waals surface area contributed by atoms with E-state index in [0.717, 1.165) is 25.0 Å². The smallest absolute Gasteiger partial charge is 0.257 e. The molecule has 1 heterocycles. The van der Waals surface area contributed by atoms with Crippen molar-refractivity contribution in [3.8, 4) is 5.75 Å². The van der Waals surface area contributed by atoms with Gasteiger partial charge in [-0.1, -0.05) is 29.3 Å². The van der Waals surface area contributed by atoms with E-state index in [2.05, 4.69) is 15.6 Å². The minimum atomic E-state index is -0.247. The number of aryl methyl sites for hydroxylation is 1. The SMILES string of the molecule is COc1ccc(Cl)cc1NC(=NC[C@@H]1CCCO1)NC(=O)c1cccc(C)c1. The molecular formula is C21H24ClN3O3. The molecule has 1 aliphatic rings. The number of carbonyl (C=O) groups is 1. The second-order valence-corrected chi connectivity index (χ2v) is 7.05. The molecule has 2 N–H and O–H groups in total. The zero-order valence-electron chi connectivity index (χ0n) is 16.0. The van der Waals surface area contributed by atoms with E-state index in [1.165, 1.54) is 0 Å². The molecule has 3 rings (SSSR count). The van der Waals surface area contributed by atoms with Crippen molar-refractivity contribution in [2.24, 2.45) is 4.99 Å². The molecule has 1 atom stereocenters. The number of aliphatic imine (C=N–C) groups is 1. The Hall–Kier alpha value is -2.57. The summed E-state index contributed by atoms with van der Waals surface area (Å²) in [7, 11) is 1.57. The van der Waals surface area contributed by atoms with Crippen LogP contribution in [0.15, 0.2) is 47.5 Å². The lowest BCUT2D eigenvalue weighted by Crippen LogP contribution is -2.37. The van der Waals surface area contributed by atoms with Crippen LogP contribution in [0.5, 0.6) is 5.75 Å². The van der Waals surface area contributed by atoms with Gasteiger partial charge in [0.2, 0.25) is 5.96 Å². The molecule has 0 spiro atoms. The lowest BCUT2D eigenvalue weighted by molar-refractivity contribution is 0.0975. The van der Waals surface area contributed by atoms with Crippen LogP contribution in [0.3, 0.4) is 0 Å². The van der Waals surface area contributed by atoms with Gasteiger partial charge >= 0.3 is 0 Å². The summed E-state index contributed by atoms with van der Waals surface area (Å²) in [6.07, 6.45) is 2.05. The predicted molar refractivity (Wildman–Crippen MR) is 112 cm³/mol. The third-order valence-electron chi connectivity index (χ3n) is 4.40. The maximum Gasteiger partial charge on any atom is 0.257 e. The lowest BCUT2D eigenvalue weighted by atomic mass is 10.1. The van der Waals surface area contributed by atoms with Gasteiger partial charge in [0.1, 0.15) is 5.75 Å². The molecule has 28 heavy (non-hydrogen) atoms. The number of amides is 1. The topological polar surface area (TPSA) is 71.9 Å². The number of nitrogens with one attached hydrogen (secondary N) is 2. The largest absolute Gasteiger partial charge is 0.495 e. The Morgan fingerprint density at radius 2 is 2.18 bits per heavy atom. The molecule has 7 heteroatoms. The number of carbonyl (C=O) groups excluding carboxylic acids is 1. The molecular weight excluding hydrogens is 378 g/mol. The van der Waals surface area contributed by atoms with Gasteiger partial charge in [0, 0.05) is 17.2 Å². The van der Waals surface area contributed by atoms with E-state index in [1.807, 2.05) is 25.1 Å². The molecule has 0 bridgehead atoms. The molecule has 0 aromatic heterocycles. The summed E-state index contributed by atoms with van der Waals surface area (Å²) in [4.78, 5) is 17.2. The van der Waals surface area contributed by atoms with Crippen LogP contribution in [0, 0.1) is 6.92 Å². The second-order valence-electron chi connectivity index (χ2n) is 6.62. The number of ether oxygens (including phenoxy) is 2. The van der Waals surface area contributed by atoms with Crippen molar-refractivity contribution in [3.05, 3.63) is 58.6 Å². The fourth-order valence-electron chi connectivity index (χ4n) is 2.96. The lowest BCUT2D eigenvalue weighted by Gasteiger charge is -2.16. The summed E-state index contributed by atoms with van der Waals surface area (Å²) in [5.74, 6) is 0.671. The van der Waals surface area contributed by atoms with Crippen molar-refractivity contribution in [2.75, 3.05) is 25.6 Å². The van der Waals surface area contributed by atoms with Crippen LogP contribution in [-0.2, 0) is 4.74 Å². The van der Waals surface area contributed by atoms with Gasteiger partial charge < -0.3 is 14.8 Å². The van der Waals surface area contributed by atoms with Gasteiger partial charge in [-0.15, -0.1) is 0 Å². The van der Waals surface area contributed by atoms with Crippen LogP contribution in [0.25, 0.3) is 0 Å². The van der Waals surface area contributed by atoms with Crippen molar-refractivity contribution >= 4 is 29.2 Å². The van der Waals surface area contributed by atoms with Crippen molar-refractivity contribution in [1.29, 1.82) is 0 Å². The van der Waals surface area contributed by atoms with Gasteiger partial charge in [-0.3, -0.25) is 10.1 Å². The van der Waals surface area contributed by atoms with Gasteiger partial charge in [0.25, 0.3) is 5.91 Å². The van der Waals surface area contributed by atoms with Crippen LogP contribution in [-0.4, -0.2) is 38.2 Å². The number of guanidine groups is 1. The first-order valence-corrected chi connectivity index (χ1v) is 9.57. The monoisotopic (exact) mass is 401 g/mol. The molecule has 0 radical (unpaired) electrons. The van der Waals surface area contributed by atoms with Gasteiger partial charge in [0.15, 0.2) is 0 Å². The number of hydrogen-bond donors (Lipinski definition) is 2. The number of nitrogens with zero attached hydrogens (tertiary/aromatic N) is 1. The second kappa shape index (κ2) is 9.57. The van der Waals surface area contributed by atoms with E-state index in [0.29, 0.717) is 34.5 Å². The molecule has 0 aliphatic carbocycles. The summed E-state index contributed by atoms with van der Waals surface area (Å²) in [5.41, 5.74) is 2.19. The Balaban J connectivity index is 1.81. The fraction of sp³-hybridized carbons (Fsp3) is 0.333. The Bertz CT molecular complexity index is 864. The first-order valence-electron chi connectivity index (χ1n) is 9.20. The average molecular weight is 402 g/mol. The molecule has 1 aliphatic heterocycles. The summed E-state index contributed by atoms with van der Waals surface area (Å²) < 4.78 is 11.0. The molecule has 2 aromatic rings. The maximum absolute atomic E-state index is 12.7. The van der Waals surface area contributed by atoms with Crippen molar-refractivity contribution in [2.45, 2.75) is 25.9 Å². The van der Waals surface area contributed by atoms with Crippen LogP contribution < -0.4 is 15.4 Å². The molecule has 6 nitrogen and oxygen atoms in total. The highest BCUT2D eigenvalue weighted by molar-refractivity contribution is 6.31. The number of anilines is 1. The zero-order chi connectivity index (χ0) is 19.9. The van der Waals surface area contributed by atoms with E-state index in [9.17, 15) is 4.79 Å². The van der Waals surface area contributed by atoms with E-state index >= 15 is 0 Å². The summed E-state index contributed by atoms with van der Waals surface area (Å²) in [6.45, 7) is 3.15. The molecule has 2 aromatic carbocycles. The summed E-state index contributed by atoms with van der Waals surface area (Å²) in [6, 6.07) is 12.6. The highest BCUT2D eigenvalue weighted by Crippen LogP contribution is 2.27. The van der Waals surface area contributed by atoms with E-state index in [-0.39, 0.29) is 12.0 Å². The number of hydrogen-bond acceptors (Lipinski definition) is 4. The van der Waals surface area contributed by atoms with Gasteiger partial charge in [-0.25, -0.2) is 4.99 Å². The number of methoxy groups -OCH3 is 1. The molecule has 1 amide bonds. The normalized spacial score (nSPS) is 16.7. The van der Waals surface area contributed by atoms with Crippen LogP contribution in [0.1, 0.15) is 28.8 Å². The van der Waals surface area contributed by atoms with E-state index in [1.54, 1.807) is 31.4 Å². The highest BCUT2D eigenvalue weighted by Gasteiger charge is 2.17. The first-order chi connectivity index (χ1) is 13.5. The Labute approximate surface area is 169 Å². The number of benzene rings is 2. The van der Waals surface area contributed by atoms with E-state index in [4.69, 9.17) is 21.1 Å². The van der Waals surface area contributed by atoms with Gasteiger partial charge in [-0.2, -0.15) is 0 Å². The van der Waals surface area contributed by atoms with Crippen molar-refractivity contribution in [1.82, 2.24) is 5.32 Å². The fourth-order valence-corrected chi connectivity index (χ4v) is 3.14. The van der Waals surface area contributed by atoms with Gasteiger partial charge in [-0.05, 0) is 50.1 Å². The number of rotatable bonds is 5. The molecule has 148 valence electrons. The van der Waals surface area contributed by atoms with Crippen LogP contribution in [0.2, 0.25) is 5.02 Å². The number of halogens is 1. The van der Waals surface area contributed by atoms with Crippen LogP contribution >= 0.6 is 11.6 Å². The molecule has 0 saturated carbocycles. The third-order valence-corrected chi connectivity index (χ3v) is 4.64. The Morgan fingerprint density at radius 3 is 2.89 bits per heavy atom. The maximum atomic E-state index is 12.7. The summed E-state index contributed by atoms with van der Waals surface area (Å²) in [5, 5.41) is 6.53. The third kappa shape index (κ3) is 5.47. The van der Waals surface area contributed by atoms with E-state index < -0.39 is 0 Å². The van der Waals surface area contributed by atoms with Crippen LogP contribution in [0.4, 0.5) is 5.69 Å². The summed E-state index contributed by atoms with van der Waals surface area (Å²) >= 11 is 6.11. The molecule has 1 fully saturated rings. The first kappa shape index (κ1) is 20.2. The highest BCUT2D eigenvalue weighted by atomic mass is 35.5. The predicted octanol–water partition coefficient (Wildman–Crippen LogP) is 4.03.